The standard InChI is InChI=1S/C21H21ClN2O8/c1-24(2)14-7-5-6-10(16(27)12-9(25)4-3-8(22)11(12)15(6)26)18(29)21(7,32)19(30)13(17(14)28)20(23)31/h3-4,6-7,14-15,25-27,30,32H,5H2,1-2H3,(H2,23,31)/t6?,7?,14?,15-,21?/m1/s1. The molecule has 0 aromatic heterocycles. The second-order valence-electron chi connectivity index (χ2n) is 8.47. The number of carbonyl (C=O) groups excluding carboxylic acids is 3. The van der Waals surface area contributed by atoms with E-state index in [9.17, 15) is 39.9 Å². The highest BCUT2D eigenvalue weighted by atomic mass is 35.5. The number of nitrogens with two attached hydrogens (primary N) is 1. The van der Waals surface area contributed by atoms with E-state index in [0.29, 0.717) is 0 Å². The van der Waals surface area contributed by atoms with E-state index < -0.39 is 75.5 Å². The molecule has 32 heavy (non-hydrogen) atoms. The van der Waals surface area contributed by atoms with Gasteiger partial charge in [0.25, 0.3) is 5.91 Å². The third kappa shape index (κ3) is 2.61. The third-order valence-electron chi connectivity index (χ3n) is 6.64. The highest BCUT2D eigenvalue weighted by Crippen LogP contribution is 2.56. The largest absolute Gasteiger partial charge is 0.508 e. The quantitative estimate of drug-likeness (QED) is 0.331. The number of primary amides is 1. The van der Waals surface area contributed by atoms with Gasteiger partial charge in [-0.05, 0) is 32.6 Å². The summed E-state index contributed by atoms with van der Waals surface area (Å²) in [5.74, 6) is -8.19. The van der Waals surface area contributed by atoms with Crippen LogP contribution < -0.4 is 5.73 Å². The van der Waals surface area contributed by atoms with Crippen molar-refractivity contribution in [2.75, 3.05) is 14.1 Å². The van der Waals surface area contributed by atoms with Crippen LogP contribution in [0, 0.1) is 11.8 Å². The van der Waals surface area contributed by atoms with Gasteiger partial charge in [0.05, 0.1) is 17.7 Å². The molecule has 0 saturated heterocycles. The molecule has 4 rings (SSSR count). The fourth-order valence-corrected chi connectivity index (χ4v) is 5.51. The average Bonchev–Trinajstić information content (AvgIpc) is 2.69. The Labute approximate surface area is 186 Å². The number of Topliss-reactive ketones (excluding diaryl/α,β-unsaturated/α-hetero) is 2. The summed E-state index contributed by atoms with van der Waals surface area (Å²) >= 11 is 6.19. The molecule has 5 atom stereocenters. The number of carbonyl (C=O) groups is 3. The van der Waals surface area contributed by atoms with Gasteiger partial charge in [-0.25, -0.2) is 0 Å². The SMILES string of the molecule is CN(C)C1C(=O)C(C(N)=O)=C(O)C2(O)C(=O)C3=C(O)c4c(O)ccc(Cl)c4[C@H](O)C3CC12. The van der Waals surface area contributed by atoms with Crippen LogP contribution in [0.4, 0.5) is 0 Å². The molecule has 4 unspecified atom stereocenters. The number of hydrogen-bond acceptors (Lipinski definition) is 9. The monoisotopic (exact) mass is 464 g/mol. The second kappa shape index (κ2) is 7.04. The van der Waals surface area contributed by atoms with Crippen molar-refractivity contribution in [2.24, 2.45) is 17.6 Å². The normalized spacial score (nSPS) is 32.1. The average molecular weight is 465 g/mol. The number of likely N-dealkylation sites (N-methyl/N-ethyl adjacent to an activating group) is 1. The summed E-state index contributed by atoms with van der Waals surface area (Å²) in [6, 6.07) is 1.25. The molecular weight excluding hydrogens is 444 g/mol. The molecule has 3 aliphatic carbocycles. The van der Waals surface area contributed by atoms with Gasteiger partial charge < -0.3 is 31.3 Å². The van der Waals surface area contributed by atoms with Gasteiger partial charge in [0, 0.05) is 28.0 Å². The number of halogens is 1. The molecule has 0 aliphatic heterocycles. The van der Waals surface area contributed by atoms with Crippen molar-refractivity contribution in [3.05, 3.63) is 45.2 Å². The van der Waals surface area contributed by atoms with Gasteiger partial charge in [-0.2, -0.15) is 0 Å². The van der Waals surface area contributed by atoms with Crippen molar-refractivity contribution in [3.8, 4) is 5.75 Å². The van der Waals surface area contributed by atoms with Crippen LogP contribution >= 0.6 is 11.6 Å². The molecule has 1 aromatic rings. The highest BCUT2D eigenvalue weighted by Gasteiger charge is 2.65. The Morgan fingerprint density at radius 3 is 2.41 bits per heavy atom. The van der Waals surface area contributed by atoms with E-state index in [1.807, 2.05) is 0 Å². The number of aliphatic hydroxyl groups excluding tert-OH is 3. The first-order valence-electron chi connectivity index (χ1n) is 9.69. The molecule has 0 bridgehead atoms. The van der Waals surface area contributed by atoms with Gasteiger partial charge in [0.2, 0.25) is 5.78 Å². The van der Waals surface area contributed by atoms with Crippen LogP contribution in [0.2, 0.25) is 5.02 Å². The Morgan fingerprint density at radius 1 is 1.22 bits per heavy atom. The lowest BCUT2D eigenvalue weighted by Crippen LogP contribution is -2.66. The zero-order valence-electron chi connectivity index (χ0n) is 17.0. The molecule has 10 nitrogen and oxygen atoms in total. The maximum atomic E-state index is 13.6. The van der Waals surface area contributed by atoms with Crippen LogP contribution in [0.5, 0.6) is 5.75 Å². The predicted molar refractivity (Wildman–Crippen MR) is 111 cm³/mol. The number of phenols is 1. The summed E-state index contributed by atoms with van der Waals surface area (Å²) < 4.78 is 0. The van der Waals surface area contributed by atoms with Gasteiger partial charge >= 0.3 is 0 Å². The van der Waals surface area contributed by atoms with E-state index in [4.69, 9.17) is 17.3 Å². The molecule has 1 saturated carbocycles. The first kappa shape index (κ1) is 22.3. The summed E-state index contributed by atoms with van der Waals surface area (Å²) in [5.41, 5.74) is 0.845. The number of amides is 1. The number of aromatic hydroxyl groups is 1. The van der Waals surface area contributed by atoms with Crippen molar-refractivity contribution in [2.45, 2.75) is 24.2 Å². The van der Waals surface area contributed by atoms with E-state index in [2.05, 4.69) is 0 Å². The Morgan fingerprint density at radius 2 is 1.84 bits per heavy atom. The lowest BCUT2D eigenvalue weighted by molar-refractivity contribution is -0.155. The fraction of sp³-hybridized carbons (Fsp3) is 0.381. The minimum atomic E-state index is -2.77. The molecule has 1 amide bonds. The predicted octanol–water partition coefficient (Wildman–Crippen LogP) is 0.108. The van der Waals surface area contributed by atoms with Crippen LogP contribution in [-0.4, -0.2) is 73.6 Å². The smallest absolute Gasteiger partial charge is 0.255 e. The Bertz CT molecular complexity index is 1160. The lowest BCUT2D eigenvalue weighted by atomic mass is 9.57. The Kier molecular flexibility index (Phi) is 4.90. The maximum Gasteiger partial charge on any atom is 0.255 e. The number of rotatable bonds is 2. The maximum absolute atomic E-state index is 13.6. The molecule has 1 aromatic carbocycles. The molecule has 0 heterocycles. The van der Waals surface area contributed by atoms with Crippen molar-refractivity contribution in [3.63, 3.8) is 0 Å². The third-order valence-corrected chi connectivity index (χ3v) is 6.97. The van der Waals surface area contributed by atoms with E-state index in [1.54, 1.807) is 0 Å². The van der Waals surface area contributed by atoms with Gasteiger partial charge in [0.15, 0.2) is 11.4 Å². The number of ketones is 2. The number of nitrogens with zero attached hydrogens (tertiary/aromatic N) is 1. The summed E-state index contributed by atoms with van der Waals surface area (Å²) in [7, 11) is 2.97. The Balaban J connectivity index is 2.03. The van der Waals surface area contributed by atoms with Gasteiger partial charge in [-0.3, -0.25) is 19.3 Å². The summed E-state index contributed by atoms with van der Waals surface area (Å²) in [6.45, 7) is 0. The number of benzene rings is 1. The van der Waals surface area contributed by atoms with Crippen LogP contribution in [0.1, 0.15) is 23.7 Å². The Hall–Kier alpha value is -2.92. The van der Waals surface area contributed by atoms with E-state index >= 15 is 0 Å². The molecule has 0 spiro atoms. The highest BCUT2D eigenvalue weighted by molar-refractivity contribution is 6.32. The fourth-order valence-electron chi connectivity index (χ4n) is 5.24. The molecule has 0 radical (unpaired) electrons. The molecule has 11 heteroatoms. The van der Waals surface area contributed by atoms with Crippen molar-refractivity contribution in [1.82, 2.24) is 4.90 Å². The molecule has 1 fully saturated rings. The first-order chi connectivity index (χ1) is 14.8. The molecule has 7 N–H and O–H groups in total. The minimum Gasteiger partial charge on any atom is -0.508 e. The molecule has 170 valence electrons. The zero-order valence-corrected chi connectivity index (χ0v) is 17.8. The summed E-state index contributed by atoms with van der Waals surface area (Å²) in [5, 5.41) is 54.4. The van der Waals surface area contributed by atoms with Gasteiger partial charge in [0.1, 0.15) is 22.8 Å². The molecule has 3 aliphatic rings. The molecular formula is C21H21ClN2O8. The van der Waals surface area contributed by atoms with Crippen LogP contribution in [0.25, 0.3) is 5.76 Å². The summed E-state index contributed by atoms with van der Waals surface area (Å²) in [4.78, 5) is 39.8. The van der Waals surface area contributed by atoms with Crippen molar-refractivity contribution < 1.29 is 39.9 Å². The number of fused-ring (bicyclic) bond motifs is 3. The number of hydrogen-bond donors (Lipinski definition) is 6. The van der Waals surface area contributed by atoms with Crippen molar-refractivity contribution >= 4 is 34.8 Å². The van der Waals surface area contributed by atoms with E-state index in [-0.39, 0.29) is 22.6 Å². The summed E-state index contributed by atoms with van der Waals surface area (Å²) in [6.07, 6.45) is -1.70. The zero-order chi connectivity index (χ0) is 23.9. The number of aliphatic hydroxyl groups is 4. The lowest BCUT2D eigenvalue weighted by Gasteiger charge is -2.51. The van der Waals surface area contributed by atoms with Gasteiger partial charge in [-0.15, -0.1) is 0 Å². The minimum absolute atomic E-state index is 0.00251. The van der Waals surface area contributed by atoms with Crippen LogP contribution in [0.15, 0.2) is 29.0 Å². The van der Waals surface area contributed by atoms with E-state index in [0.717, 1.165) is 0 Å². The second-order valence-corrected chi connectivity index (χ2v) is 8.87. The van der Waals surface area contributed by atoms with Crippen LogP contribution in [0.3, 0.4) is 0 Å². The topological polar surface area (TPSA) is 182 Å². The first-order valence-corrected chi connectivity index (χ1v) is 10.1. The van der Waals surface area contributed by atoms with E-state index in [1.165, 1.54) is 31.1 Å². The number of phenolic OH excluding ortho intramolecular Hbond substituents is 1. The van der Waals surface area contributed by atoms with Gasteiger partial charge in [-0.1, -0.05) is 11.6 Å². The van der Waals surface area contributed by atoms with Crippen molar-refractivity contribution in [1.29, 1.82) is 0 Å². The van der Waals surface area contributed by atoms with Crippen LogP contribution in [-0.2, 0) is 14.4 Å².